The lowest BCUT2D eigenvalue weighted by Gasteiger charge is -2.02. The molecular weight excluding hydrogens is 284 g/mol. The largest absolute Gasteiger partial charge is 0.744 e. The smallest absolute Gasteiger partial charge is 0.117 e. The van der Waals surface area contributed by atoms with Gasteiger partial charge in [0, 0.05) is 5.41 Å². The zero-order valence-electron chi connectivity index (χ0n) is 13.7. The van der Waals surface area contributed by atoms with Crippen molar-refractivity contribution in [3.8, 4) is 0 Å². The van der Waals surface area contributed by atoms with Crippen LogP contribution in [0.5, 0.6) is 0 Å². The van der Waals surface area contributed by atoms with Crippen LogP contribution in [0.2, 0.25) is 0 Å². The summed E-state index contributed by atoms with van der Waals surface area (Å²) in [6.07, 6.45) is 19.1. The van der Waals surface area contributed by atoms with E-state index >= 15 is 0 Å². The summed E-state index contributed by atoms with van der Waals surface area (Å²) in [5.41, 5.74) is 0. The van der Waals surface area contributed by atoms with Gasteiger partial charge in [-0.2, -0.15) is 0 Å². The van der Waals surface area contributed by atoms with Crippen LogP contribution in [0.25, 0.3) is 0 Å². The molecule has 0 aromatic rings. The van der Waals surface area contributed by atoms with Gasteiger partial charge in [-0.05, 0) is 12.8 Å². The van der Waals surface area contributed by atoms with Crippen LogP contribution in [-0.4, -0.2) is 13.0 Å². The Morgan fingerprint density at radius 2 is 1.10 bits per heavy atom. The molecule has 0 heterocycles. The molecule has 21 heavy (non-hydrogen) atoms. The fraction of sp³-hybridized carbons (Fsp3) is 0.882. The van der Waals surface area contributed by atoms with Gasteiger partial charge in [0.25, 0.3) is 0 Å². The molecular formula is C17H33O3S-. The molecule has 0 fully saturated rings. The second-order valence-electron chi connectivity index (χ2n) is 5.90. The zero-order valence-corrected chi connectivity index (χ0v) is 14.5. The molecule has 3 nitrogen and oxygen atoms in total. The van der Waals surface area contributed by atoms with Crippen LogP contribution < -0.4 is 0 Å². The molecule has 0 aromatic heterocycles. The first-order valence-corrected chi connectivity index (χ1v) is 10.2. The third-order valence-electron chi connectivity index (χ3n) is 3.74. The lowest BCUT2D eigenvalue weighted by atomic mass is 10.0. The topological polar surface area (TPSA) is 57.2 Å². The van der Waals surface area contributed by atoms with E-state index in [2.05, 4.69) is 6.92 Å². The number of hydrogen-bond acceptors (Lipinski definition) is 3. The van der Waals surface area contributed by atoms with E-state index in [4.69, 9.17) is 0 Å². The Hall–Kier alpha value is -0.350. The van der Waals surface area contributed by atoms with Gasteiger partial charge in [-0.15, -0.1) is 0 Å². The third kappa shape index (κ3) is 19.6. The minimum Gasteiger partial charge on any atom is -0.744 e. The third-order valence-corrected chi connectivity index (χ3v) is 4.26. The standard InChI is InChI=1S/C17H34O3S/c1-2-3-4-5-6-7-8-9-10-11-12-13-14-15-16-17-21(18,19)20/h16-17H,2-15H2,1H3,(H,18,19,20)/p-1. The average Bonchev–Trinajstić information content (AvgIpc) is 2.42. The van der Waals surface area contributed by atoms with Crippen molar-refractivity contribution in [1.82, 2.24) is 0 Å². The summed E-state index contributed by atoms with van der Waals surface area (Å²) in [4.78, 5) is 0. The molecule has 0 saturated carbocycles. The highest BCUT2D eigenvalue weighted by Gasteiger charge is 1.93. The Labute approximate surface area is 132 Å². The van der Waals surface area contributed by atoms with E-state index < -0.39 is 10.1 Å². The van der Waals surface area contributed by atoms with Crippen molar-refractivity contribution in [1.29, 1.82) is 0 Å². The van der Waals surface area contributed by atoms with Crippen LogP contribution in [-0.2, 0) is 10.1 Å². The van der Waals surface area contributed by atoms with Crippen molar-refractivity contribution in [3.05, 3.63) is 11.5 Å². The summed E-state index contributed by atoms with van der Waals surface area (Å²) < 4.78 is 31.0. The summed E-state index contributed by atoms with van der Waals surface area (Å²) in [5, 5.41) is 0.771. The molecule has 0 N–H and O–H groups in total. The molecule has 0 amide bonds. The van der Waals surface area contributed by atoms with E-state index in [-0.39, 0.29) is 0 Å². The molecule has 0 radical (unpaired) electrons. The SMILES string of the molecule is CCCCCCCCCCCCCCCC=CS(=O)(=O)[O-]. The van der Waals surface area contributed by atoms with Crippen LogP contribution >= 0.6 is 0 Å². The first-order chi connectivity index (χ1) is 10.1. The minimum atomic E-state index is -4.17. The monoisotopic (exact) mass is 317 g/mol. The first kappa shape index (κ1) is 20.6. The Morgan fingerprint density at radius 3 is 1.48 bits per heavy atom. The molecule has 0 bridgehead atoms. The summed E-state index contributed by atoms with van der Waals surface area (Å²) in [6.45, 7) is 2.25. The van der Waals surface area contributed by atoms with E-state index in [0.717, 1.165) is 18.2 Å². The molecule has 0 saturated heterocycles. The van der Waals surface area contributed by atoms with Crippen molar-refractivity contribution >= 4 is 10.1 Å². The summed E-state index contributed by atoms with van der Waals surface area (Å²) in [5.74, 6) is 0. The fourth-order valence-electron chi connectivity index (χ4n) is 2.47. The van der Waals surface area contributed by atoms with Gasteiger partial charge in [-0.1, -0.05) is 90.0 Å². The molecule has 0 spiro atoms. The Balaban J connectivity index is 3.11. The first-order valence-electron chi connectivity index (χ1n) is 8.68. The lowest BCUT2D eigenvalue weighted by molar-refractivity contribution is 0.474. The molecule has 0 aliphatic rings. The van der Waals surface area contributed by atoms with Gasteiger partial charge >= 0.3 is 0 Å². The molecule has 0 aromatic carbocycles. The molecule has 4 heteroatoms. The van der Waals surface area contributed by atoms with Gasteiger partial charge in [0.1, 0.15) is 10.1 Å². The number of allylic oxidation sites excluding steroid dienone is 1. The molecule has 126 valence electrons. The van der Waals surface area contributed by atoms with Gasteiger partial charge < -0.3 is 4.55 Å². The maximum absolute atomic E-state index is 10.3. The van der Waals surface area contributed by atoms with Crippen LogP contribution in [0.3, 0.4) is 0 Å². The highest BCUT2D eigenvalue weighted by molar-refractivity contribution is 7.88. The van der Waals surface area contributed by atoms with Gasteiger partial charge in [0.2, 0.25) is 0 Å². The maximum atomic E-state index is 10.3. The van der Waals surface area contributed by atoms with Crippen LogP contribution in [0.15, 0.2) is 11.5 Å². The highest BCUT2D eigenvalue weighted by atomic mass is 32.2. The highest BCUT2D eigenvalue weighted by Crippen LogP contribution is 2.13. The van der Waals surface area contributed by atoms with Crippen LogP contribution in [0, 0.1) is 0 Å². The minimum absolute atomic E-state index is 0.694. The summed E-state index contributed by atoms with van der Waals surface area (Å²) >= 11 is 0. The Bertz CT molecular complexity index is 334. The van der Waals surface area contributed by atoms with E-state index in [1.807, 2.05) is 0 Å². The maximum Gasteiger partial charge on any atom is 0.117 e. The van der Waals surface area contributed by atoms with Crippen molar-refractivity contribution in [2.45, 2.75) is 96.8 Å². The molecule has 0 aliphatic heterocycles. The number of unbranched alkanes of at least 4 members (excludes halogenated alkanes) is 13. The normalized spacial score (nSPS) is 12.3. The predicted molar refractivity (Wildman–Crippen MR) is 89.1 cm³/mol. The van der Waals surface area contributed by atoms with Crippen molar-refractivity contribution < 1.29 is 13.0 Å². The lowest BCUT2D eigenvalue weighted by Crippen LogP contribution is -1.89. The molecule has 0 rings (SSSR count). The van der Waals surface area contributed by atoms with Crippen LogP contribution in [0.1, 0.15) is 96.8 Å². The fourth-order valence-corrected chi connectivity index (χ4v) is 2.84. The average molecular weight is 318 g/mol. The number of hydrogen-bond donors (Lipinski definition) is 0. The molecule has 0 unspecified atom stereocenters. The Morgan fingerprint density at radius 1 is 0.714 bits per heavy atom. The van der Waals surface area contributed by atoms with Gasteiger partial charge in [0.05, 0.1) is 0 Å². The van der Waals surface area contributed by atoms with Gasteiger partial charge in [0.15, 0.2) is 0 Å². The van der Waals surface area contributed by atoms with E-state index in [9.17, 15) is 13.0 Å². The summed E-state index contributed by atoms with van der Waals surface area (Å²) in [7, 11) is -4.17. The van der Waals surface area contributed by atoms with Crippen molar-refractivity contribution in [3.63, 3.8) is 0 Å². The van der Waals surface area contributed by atoms with E-state index in [1.54, 1.807) is 0 Å². The van der Waals surface area contributed by atoms with E-state index in [1.165, 1.54) is 76.7 Å². The Kier molecular flexibility index (Phi) is 14.3. The summed E-state index contributed by atoms with van der Waals surface area (Å²) in [6, 6.07) is 0. The van der Waals surface area contributed by atoms with Crippen LogP contribution in [0.4, 0.5) is 0 Å². The van der Waals surface area contributed by atoms with Gasteiger partial charge in [-0.25, -0.2) is 8.42 Å². The van der Waals surface area contributed by atoms with Crippen molar-refractivity contribution in [2.24, 2.45) is 0 Å². The predicted octanol–water partition coefficient (Wildman–Crippen LogP) is 5.53. The second-order valence-corrected chi connectivity index (χ2v) is 7.15. The number of rotatable bonds is 15. The molecule has 0 atom stereocenters. The van der Waals surface area contributed by atoms with Crippen molar-refractivity contribution in [2.75, 3.05) is 0 Å². The van der Waals surface area contributed by atoms with Gasteiger partial charge in [-0.3, -0.25) is 0 Å². The second kappa shape index (κ2) is 14.6. The quantitative estimate of drug-likeness (QED) is 0.295. The zero-order chi connectivity index (χ0) is 15.8. The molecule has 0 aliphatic carbocycles. The van der Waals surface area contributed by atoms with E-state index in [0.29, 0.717) is 6.42 Å².